The molecule has 4 heteroatoms. The van der Waals surface area contributed by atoms with Crippen molar-refractivity contribution in [3.63, 3.8) is 0 Å². The predicted molar refractivity (Wildman–Crippen MR) is 95.9 cm³/mol. The van der Waals surface area contributed by atoms with Gasteiger partial charge in [0.15, 0.2) is 0 Å². The summed E-state index contributed by atoms with van der Waals surface area (Å²) in [5, 5.41) is 5.16. The number of hydrogen-bond donors (Lipinski definition) is 1. The Morgan fingerprint density at radius 2 is 1.79 bits per heavy atom. The van der Waals surface area contributed by atoms with Gasteiger partial charge in [0.2, 0.25) is 5.91 Å². The van der Waals surface area contributed by atoms with E-state index in [-0.39, 0.29) is 17.9 Å². The molecule has 2 aromatic carbocycles. The first kappa shape index (κ1) is 16.5. The molecule has 126 valence electrons. The molecule has 1 aliphatic heterocycles. The van der Waals surface area contributed by atoms with Crippen LogP contribution in [0.25, 0.3) is 10.8 Å². The first-order valence-electron chi connectivity index (χ1n) is 8.75. The van der Waals surface area contributed by atoms with E-state index in [0.717, 1.165) is 35.6 Å². The third-order valence-electron chi connectivity index (χ3n) is 4.64. The van der Waals surface area contributed by atoms with Crippen LogP contribution in [0, 0.1) is 0 Å². The van der Waals surface area contributed by atoms with Crippen molar-refractivity contribution in [2.24, 2.45) is 0 Å². The molecule has 2 aromatic rings. The molecule has 1 fully saturated rings. The van der Waals surface area contributed by atoms with Crippen molar-refractivity contribution in [2.75, 3.05) is 13.1 Å². The smallest absolute Gasteiger partial charge is 0.254 e. The minimum atomic E-state index is 0.0881. The Hall–Kier alpha value is -2.36. The van der Waals surface area contributed by atoms with Crippen LogP contribution in [0.4, 0.5) is 0 Å². The molecule has 2 amide bonds. The summed E-state index contributed by atoms with van der Waals surface area (Å²) in [5.74, 6) is 0.210. The van der Waals surface area contributed by atoms with Crippen LogP contribution in [-0.4, -0.2) is 35.8 Å². The van der Waals surface area contributed by atoms with E-state index in [1.807, 2.05) is 54.3 Å². The van der Waals surface area contributed by atoms with Gasteiger partial charge in [-0.3, -0.25) is 9.59 Å². The number of nitrogens with zero attached hydrogens (tertiary/aromatic N) is 1. The minimum Gasteiger partial charge on any atom is -0.353 e. The van der Waals surface area contributed by atoms with Crippen LogP contribution in [0.1, 0.15) is 43.0 Å². The molecule has 4 nitrogen and oxygen atoms in total. The Kier molecular flexibility index (Phi) is 5.14. The zero-order chi connectivity index (χ0) is 16.9. The van der Waals surface area contributed by atoms with Crippen molar-refractivity contribution in [3.8, 4) is 0 Å². The summed E-state index contributed by atoms with van der Waals surface area (Å²) in [7, 11) is 0. The van der Waals surface area contributed by atoms with Gasteiger partial charge in [-0.1, -0.05) is 43.3 Å². The highest BCUT2D eigenvalue weighted by molar-refractivity contribution is 6.07. The van der Waals surface area contributed by atoms with E-state index in [1.165, 1.54) is 0 Å². The summed E-state index contributed by atoms with van der Waals surface area (Å²) >= 11 is 0. The van der Waals surface area contributed by atoms with E-state index < -0.39 is 0 Å². The van der Waals surface area contributed by atoms with Gasteiger partial charge in [-0.05, 0) is 36.1 Å². The van der Waals surface area contributed by atoms with E-state index in [0.29, 0.717) is 19.5 Å². The maximum Gasteiger partial charge on any atom is 0.254 e. The quantitative estimate of drug-likeness (QED) is 0.937. The maximum atomic E-state index is 12.9. The fourth-order valence-electron chi connectivity index (χ4n) is 3.34. The molecule has 3 rings (SSSR count). The summed E-state index contributed by atoms with van der Waals surface area (Å²) in [5.41, 5.74) is 0.765. The number of benzene rings is 2. The summed E-state index contributed by atoms with van der Waals surface area (Å²) in [4.78, 5) is 26.5. The SMILES string of the molecule is CCCC(=O)NC1CCN(C(=O)c2cccc3ccccc23)CC1. The topological polar surface area (TPSA) is 49.4 Å². The summed E-state index contributed by atoms with van der Waals surface area (Å²) in [6.45, 7) is 3.39. The molecule has 0 aromatic heterocycles. The third kappa shape index (κ3) is 3.58. The lowest BCUT2D eigenvalue weighted by Gasteiger charge is -2.32. The predicted octanol–water partition coefficient (Wildman–Crippen LogP) is 3.36. The van der Waals surface area contributed by atoms with E-state index in [9.17, 15) is 9.59 Å². The van der Waals surface area contributed by atoms with Crippen molar-refractivity contribution in [1.82, 2.24) is 10.2 Å². The number of piperidine rings is 1. The average Bonchev–Trinajstić information content (AvgIpc) is 2.61. The van der Waals surface area contributed by atoms with Crippen molar-refractivity contribution in [1.29, 1.82) is 0 Å². The fraction of sp³-hybridized carbons (Fsp3) is 0.400. The normalized spacial score (nSPS) is 15.5. The van der Waals surface area contributed by atoms with Crippen molar-refractivity contribution in [2.45, 2.75) is 38.6 Å². The first-order chi connectivity index (χ1) is 11.7. The molecule has 24 heavy (non-hydrogen) atoms. The Bertz CT molecular complexity index is 728. The minimum absolute atomic E-state index is 0.0881. The Balaban J connectivity index is 1.66. The average molecular weight is 324 g/mol. The van der Waals surface area contributed by atoms with E-state index in [4.69, 9.17) is 0 Å². The van der Waals surface area contributed by atoms with Gasteiger partial charge < -0.3 is 10.2 Å². The van der Waals surface area contributed by atoms with Gasteiger partial charge in [-0.15, -0.1) is 0 Å². The van der Waals surface area contributed by atoms with E-state index >= 15 is 0 Å². The molecular weight excluding hydrogens is 300 g/mol. The molecule has 1 aliphatic rings. The fourth-order valence-corrected chi connectivity index (χ4v) is 3.34. The molecule has 1 saturated heterocycles. The van der Waals surface area contributed by atoms with Crippen LogP contribution in [0.15, 0.2) is 42.5 Å². The van der Waals surface area contributed by atoms with Crippen LogP contribution in [0.5, 0.6) is 0 Å². The Morgan fingerprint density at radius 3 is 2.54 bits per heavy atom. The largest absolute Gasteiger partial charge is 0.353 e. The second-order valence-electron chi connectivity index (χ2n) is 6.41. The van der Waals surface area contributed by atoms with Gasteiger partial charge in [0.05, 0.1) is 0 Å². The monoisotopic (exact) mass is 324 g/mol. The van der Waals surface area contributed by atoms with E-state index in [1.54, 1.807) is 0 Å². The molecule has 1 heterocycles. The van der Waals surface area contributed by atoms with Crippen LogP contribution >= 0.6 is 0 Å². The molecule has 1 N–H and O–H groups in total. The van der Waals surface area contributed by atoms with Crippen LogP contribution in [0.3, 0.4) is 0 Å². The number of carbonyl (C=O) groups excluding carboxylic acids is 2. The highest BCUT2D eigenvalue weighted by Crippen LogP contribution is 2.22. The van der Waals surface area contributed by atoms with Gasteiger partial charge >= 0.3 is 0 Å². The molecule has 0 radical (unpaired) electrons. The Morgan fingerprint density at radius 1 is 1.08 bits per heavy atom. The lowest BCUT2D eigenvalue weighted by atomic mass is 10.0. The number of fused-ring (bicyclic) bond motifs is 1. The summed E-state index contributed by atoms with van der Waals surface area (Å²) in [6.07, 6.45) is 3.09. The lowest BCUT2D eigenvalue weighted by molar-refractivity contribution is -0.122. The van der Waals surface area contributed by atoms with Crippen molar-refractivity contribution in [3.05, 3.63) is 48.0 Å². The molecule has 0 bridgehead atoms. The number of likely N-dealkylation sites (tertiary alicyclic amines) is 1. The van der Waals surface area contributed by atoms with Gasteiger partial charge in [0, 0.05) is 31.1 Å². The van der Waals surface area contributed by atoms with E-state index in [2.05, 4.69) is 5.32 Å². The Labute approximate surface area is 142 Å². The summed E-state index contributed by atoms with van der Waals surface area (Å²) in [6, 6.07) is 14.0. The molecule has 0 atom stereocenters. The highest BCUT2D eigenvalue weighted by Gasteiger charge is 2.25. The molecule has 0 spiro atoms. The van der Waals surface area contributed by atoms with Crippen LogP contribution in [-0.2, 0) is 4.79 Å². The highest BCUT2D eigenvalue weighted by atomic mass is 16.2. The molecule has 0 aliphatic carbocycles. The number of amides is 2. The number of rotatable bonds is 4. The zero-order valence-corrected chi connectivity index (χ0v) is 14.1. The third-order valence-corrected chi connectivity index (χ3v) is 4.64. The molecular formula is C20H24N2O2. The number of nitrogens with one attached hydrogen (secondary N) is 1. The van der Waals surface area contributed by atoms with Gasteiger partial charge in [-0.25, -0.2) is 0 Å². The van der Waals surface area contributed by atoms with Crippen molar-refractivity contribution >= 4 is 22.6 Å². The van der Waals surface area contributed by atoms with Crippen LogP contribution < -0.4 is 5.32 Å². The lowest BCUT2D eigenvalue weighted by Crippen LogP contribution is -2.46. The second kappa shape index (κ2) is 7.47. The number of carbonyl (C=O) groups is 2. The maximum absolute atomic E-state index is 12.9. The molecule has 0 saturated carbocycles. The van der Waals surface area contributed by atoms with Gasteiger partial charge in [0.1, 0.15) is 0 Å². The summed E-state index contributed by atoms with van der Waals surface area (Å²) < 4.78 is 0. The zero-order valence-electron chi connectivity index (χ0n) is 14.1. The second-order valence-corrected chi connectivity index (χ2v) is 6.41. The standard InChI is InChI=1S/C20H24N2O2/c1-2-6-19(23)21-16-11-13-22(14-12-16)20(24)18-10-5-8-15-7-3-4-9-17(15)18/h3-5,7-10,16H,2,6,11-14H2,1H3,(H,21,23). The van der Waals surface area contributed by atoms with Gasteiger partial charge in [0.25, 0.3) is 5.91 Å². The molecule has 0 unspecified atom stereocenters. The first-order valence-corrected chi connectivity index (χ1v) is 8.75. The number of hydrogen-bond acceptors (Lipinski definition) is 2. The van der Waals surface area contributed by atoms with Crippen molar-refractivity contribution < 1.29 is 9.59 Å². The van der Waals surface area contributed by atoms with Gasteiger partial charge in [-0.2, -0.15) is 0 Å². The van der Waals surface area contributed by atoms with Crippen LogP contribution in [0.2, 0.25) is 0 Å².